The van der Waals surface area contributed by atoms with Crippen molar-refractivity contribution in [1.82, 2.24) is 16.0 Å². The highest BCUT2D eigenvalue weighted by atomic mass is 35.5. The van der Waals surface area contributed by atoms with Gasteiger partial charge in [0, 0.05) is 11.3 Å². The van der Waals surface area contributed by atoms with E-state index in [9.17, 15) is 24.3 Å². The maximum Gasteiger partial charge on any atom is 0.258 e. The average Bonchev–Trinajstić information content (AvgIpc) is 3.19. The molecule has 5 aliphatic heterocycles. The molecule has 0 aromatic heterocycles. The maximum absolute atomic E-state index is 13.9. The first-order valence-electron chi connectivity index (χ1n) is 18.8. The third-order valence-corrected chi connectivity index (χ3v) is 11.8. The van der Waals surface area contributed by atoms with Gasteiger partial charge in [0.25, 0.3) is 5.91 Å². The zero-order valence-corrected chi connectivity index (χ0v) is 31.5. The Kier molecular flexibility index (Phi) is 12.1. The predicted molar refractivity (Wildman–Crippen MR) is 203 cm³/mol. The molecule has 3 N–H and O–H groups in total. The number of rotatable bonds is 14. The second-order valence-corrected chi connectivity index (χ2v) is 15.2. The zero-order chi connectivity index (χ0) is 37.0. The molecule has 2 atom stereocenters. The van der Waals surface area contributed by atoms with Crippen LogP contribution in [0.15, 0.2) is 72.8 Å². The van der Waals surface area contributed by atoms with Gasteiger partial charge in [0.2, 0.25) is 11.8 Å². The quantitative estimate of drug-likeness (QED) is 0.168. The van der Waals surface area contributed by atoms with Crippen LogP contribution in [0.4, 0.5) is 5.69 Å². The molecule has 5 fully saturated rings. The predicted octanol–water partition coefficient (Wildman–Crippen LogP) is 3.03. The van der Waals surface area contributed by atoms with Crippen molar-refractivity contribution < 1.29 is 38.2 Å². The van der Waals surface area contributed by atoms with Crippen LogP contribution < -0.4 is 35.4 Å². The van der Waals surface area contributed by atoms with Gasteiger partial charge in [-0.25, -0.2) is 0 Å². The molecule has 0 saturated carbocycles. The molecule has 13 heteroatoms. The molecular weight excluding hydrogens is 710 g/mol. The van der Waals surface area contributed by atoms with E-state index in [2.05, 4.69) is 40.2 Å². The molecular formula is C41H50ClN5O7. The lowest BCUT2D eigenvalue weighted by Gasteiger charge is -2.58. The van der Waals surface area contributed by atoms with E-state index in [-0.39, 0.29) is 31.0 Å². The molecule has 12 nitrogen and oxygen atoms in total. The summed E-state index contributed by atoms with van der Waals surface area (Å²) in [6, 6.07) is 22.9. The molecule has 5 saturated heterocycles. The fourth-order valence-corrected chi connectivity index (χ4v) is 8.68. The third kappa shape index (κ3) is 8.51. The molecule has 2 bridgehead atoms. The first-order valence-corrected chi connectivity index (χ1v) is 18.8. The average molecular weight is 760 g/mol. The van der Waals surface area contributed by atoms with Crippen molar-refractivity contribution >= 4 is 41.8 Å². The number of hydrogen-bond donors (Lipinski definition) is 3. The van der Waals surface area contributed by atoms with Crippen molar-refractivity contribution in [3.8, 4) is 11.5 Å². The zero-order valence-electron chi connectivity index (χ0n) is 30.7. The van der Waals surface area contributed by atoms with Crippen molar-refractivity contribution in [2.24, 2.45) is 11.3 Å². The summed E-state index contributed by atoms with van der Waals surface area (Å²) in [5, 5.41) is 18.6. The van der Waals surface area contributed by atoms with Crippen LogP contribution in [0.5, 0.6) is 11.5 Å². The van der Waals surface area contributed by atoms with Crippen LogP contribution in [0.1, 0.15) is 61.8 Å². The lowest BCUT2D eigenvalue weighted by Crippen LogP contribution is -2.66. The summed E-state index contributed by atoms with van der Waals surface area (Å²) in [7, 11) is 0. The minimum atomic E-state index is -1.42. The Morgan fingerprint density at radius 1 is 0.889 bits per heavy atom. The highest BCUT2D eigenvalue weighted by molar-refractivity contribution is 6.06. The molecule has 0 radical (unpaired) electrons. The fourth-order valence-electron chi connectivity index (χ4n) is 8.68. The second-order valence-electron chi connectivity index (χ2n) is 15.2. The van der Waals surface area contributed by atoms with Gasteiger partial charge in [-0.1, -0.05) is 36.4 Å². The number of hydrogen-bond acceptors (Lipinski definition) is 8. The monoisotopic (exact) mass is 759 g/mol. The number of carboxylic acid groups (broad SMARTS) is 1. The lowest BCUT2D eigenvalue weighted by atomic mass is 9.62. The number of carboxylic acids is 1. The van der Waals surface area contributed by atoms with Gasteiger partial charge in [0.15, 0.2) is 6.61 Å². The third-order valence-electron chi connectivity index (χ3n) is 11.8. The normalized spacial score (nSPS) is 23.1. The molecule has 1 spiro atoms. The molecule has 288 valence electrons. The Hall–Kier alpha value is -4.65. The van der Waals surface area contributed by atoms with E-state index in [1.165, 1.54) is 55.9 Å². The molecule has 0 aliphatic carbocycles. The summed E-state index contributed by atoms with van der Waals surface area (Å²) < 4.78 is 13.1. The van der Waals surface area contributed by atoms with E-state index in [4.69, 9.17) is 9.47 Å². The van der Waals surface area contributed by atoms with Gasteiger partial charge in [-0.3, -0.25) is 14.4 Å². The number of carbonyl (C=O) groups excluding carboxylic acids is 4. The van der Waals surface area contributed by atoms with E-state index < -0.39 is 35.8 Å². The number of benzene rings is 3. The molecule has 2 unspecified atom stereocenters. The molecule has 5 aliphatic rings. The molecule has 5 heterocycles. The number of anilines is 1. The molecule has 8 rings (SSSR count). The summed E-state index contributed by atoms with van der Waals surface area (Å²) in [6.45, 7) is 7.56. The van der Waals surface area contributed by atoms with Crippen LogP contribution in [-0.2, 0) is 32.3 Å². The van der Waals surface area contributed by atoms with Crippen molar-refractivity contribution in [1.29, 1.82) is 0 Å². The van der Waals surface area contributed by atoms with Crippen LogP contribution in [0.3, 0.4) is 0 Å². The number of nitrogens with zero attached hydrogens (tertiary/aromatic N) is 2. The van der Waals surface area contributed by atoms with Crippen LogP contribution in [-0.4, -0.2) is 80.1 Å². The fraction of sp³-hybridized carbons (Fsp3) is 0.463. The van der Waals surface area contributed by atoms with Gasteiger partial charge in [0.05, 0.1) is 43.6 Å². The van der Waals surface area contributed by atoms with Gasteiger partial charge >= 0.3 is 0 Å². The topological polar surface area (TPSA) is 149 Å². The number of halogens is 1. The number of nitrogens with one attached hydrogen (secondary N) is 3. The Morgan fingerprint density at radius 2 is 1.48 bits per heavy atom. The van der Waals surface area contributed by atoms with E-state index in [0.29, 0.717) is 12.4 Å². The first-order chi connectivity index (χ1) is 25.6. The van der Waals surface area contributed by atoms with Gasteiger partial charge in [-0.05, 0) is 106 Å². The standard InChI is InChI=1S/C41H49N5O7.ClH/c1-28(39(50)43-24-37(48)49)44-36(47)27-53-34-10-6-32(7-11-34)38-41(17-19-42-20-18-41)40(51)45(38)33-8-12-35(13-9-33)52-26-31-4-2-30(3-5-31)25-46-21-14-29(15-22-46)16-23-46;/h2-13,28-29,38,42H,14-27H2,1H3,(H2-,43,44,47,48,49,50);1H. The van der Waals surface area contributed by atoms with Crippen molar-refractivity contribution in [3.63, 3.8) is 0 Å². The maximum atomic E-state index is 13.9. The van der Waals surface area contributed by atoms with Gasteiger partial charge in [-0.2, -0.15) is 0 Å². The molecule has 54 heavy (non-hydrogen) atoms. The Bertz CT molecular complexity index is 1780. The van der Waals surface area contributed by atoms with Crippen LogP contribution >= 0.6 is 12.4 Å². The number of carbonyl (C=O) groups is 4. The first kappa shape index (κ1) is 39.1. The van der Waals surface area contributed by atoms with Crippen molar-refractivity contribution in [3.05, 3.63) is 89.5 Å². The molecule has 3 aromatic carbocycles. The van der Waals surface area contributed by atoms with Crippen LogP contribution in [0.2, 0.25) is 0 Å². The summed E-state index contributed by atoms with van der Waals surface area (Å²) in [5.41, 5.74) is 3.81. The number of aliphatic carboxylic acids is 1. The van der Waals surface area contributed by atoms with E-state index >= 15 is 0 Å². The number of quaternary nitrogens is 1. The van der Waals surface area contributed by atoms with Crippen molar-refractivity contribution in [2.45, 2.75) is 64.3 Å². The van der Waals surface area contributed by atoms with E-state index in [0.717, 1.165) is 61.0 Å². The largest absolute Gasteiger partial charge is 0.548 e. The summed E-state index contributed by atoms with van der Waals surface area (Å²) in [5.74, 6) is -0.315. The van der Waals surface area contributed by atoms with Crippen molar-refractivity contribution in [2.75, 3.05) is 50.8 Å². The highest BCUT2D eigenvalue weighted by Gasteiger charge is 2.61. The summed E-state index contributed by atoms with van der Waals surface area (Å²) in [4.78, 5) is 50.7. The number of piperidine rings is 4. The summed E-state index contributed by atoms with van der Waals surface area (Å²) >= 11 is 0. The number of amides is 3. The Morgan fingerprint density at radius 3 is 2.11 bits per heavy atom. The number of β-lactam (4-membered cyclic amide) rings is 1. The smallest absolute Gasteiger partial charge is 0.258 e. The Balaban J connectivity index is 0.00000497. The Labute approximate surface area is 322 Å². The van der Waals surface area contributed by atoms with Gasteiger partial charge in [-0.15, -0.1) is 12.4 Å². The SMILES string of the molecule is CC(NC(=O)COc1ccc(C2N(c3ccc(OCc4ccc(C[N+]56CCC(CC5)CC6)cc4)cc3)C(=O)C23CCNCC3)cc1)C(=O)NCC(=O)[O-].Cl. The highest BCUT2D eigenvalue weighted by Crippen LogP contribution is 2.57. The molecule has 3 amide bonds. The van der Waals surface area contributed by atoms with Gasteiger partial charge in [0.1, 0.15) is 30.7 Å². The number of ether oxygens (including phenoxy) is 2. The lowest BCUT2D eigenvalue weighted by molar-refractivity contribution is -0.955. The number of fused-ring (bicyclic) bond motifs is 3. The van der Waals surface area contributed by atoms with E-state index in [1.807, 2.05) is 41.3 Å². The second kappa shape index (κ2) is 16.8. The van der Waals surface area contributed by atoms with Crippen LogP contribution in [0, 0.1) is 11.3 Å². The summed E-state index contributed by atoms with van der Waals surface area (Å²) in [6.07, 6.45) is 5.62. The minimum Gasteiger partial charge on any atom is -0.548 e. The molecule has 3 aromatic rings. The van der Waals surface area contributed by atoms with Crippen LogP contribution in [0.25, 0.3) is 0 Å². The van der Waals surface area contributed by atoms with Gasteiger partial charge < -0.3 is 44.7 Å². The van der Waals surface area contributed by atoms with E-state index in [1.54, 1.807) is 12.1 Å². The minimum absolute atomic E-state index is 0.